The summed E-state index contributed by atoms with van der Waals surface area (Å²) in [6.45, 7) is -0.329. The largest absolute Gasteiger partial charge is 0.453 e. The zero-order chi connectivity index (χ0) is 16.3. The van der Waals surface area contributed by atoms with Crippen molar-refractivity contribution in [1.29, 1.82) is 0 Å². The Labute approximate surface area is 126 Å². The predicted molar refractivity (Wildman–Crippen MR) is 70.7 cm³/mol. The number of aromatic amines is 1. The maximum atomic E-state index is 13.7. The molecule has 0 radical (unpaired) electrons. The third-order valence-electron chi connectivity index (χ3n) is 2.62. The summed E-state index contributed by atoms with van der Waals surface area (Å²) in [5.41, 5.74) is -0.162. The highest BCUT2D eigenvalue weighted by Gasteiger charge is 2.36. The first-order chi connectivity index (χ1) is 10.3. The van der Waals surface area contributed by atoms with Crippen molar-refractivity contribution < 1.29 is 22.4 Å². The minimum atomic E-state index is -4.67. The van der Waals surface area contributed by atoms with Crippen molar-refractivity contribution in [2.24, 2.45) is 0 Å². The molecule has 2 rings (SSSR count). The van der Waals surface area contributed by atoms with Crippen LogP contribution in [0.2, 0.25) is 0 Å². The lowest BCUT2D eigenvalue weighted by Gasteiger charge is -2.08. The number of alkyl halides is 3. The van der Waals surface area contributed by atoms with Crippen LogP contribution in [0, 0.1) is 5.82 Å². The SMILES string of the molecule is CSc1cccc(F)c1C(=O)NCc1nc(C(F)(F)F)n[nH]1. The average Bonchev–Trinajstić information content (AvgIpc) is 2.93. The standard InChI is InChI=1S/C12H10F4N4OS/c1-22-7-4-2-3-6(13)9(7)10(21)17-5-8-18-11(20-19-8)12(14,15)16/h2-4H,5H2,1H3,(H,17,21)(H,18,19,20). The number of hydrogen-bond acceptors (Lipinski definition) is 4. The van der Waals surface area contributed by atoms with Gasteiger partial charge in [-0.05, 0) is 18.4 Å². The molecule has 1 aromatic carbocycles. The molecule has 0 unspecified atom stereocenters. The number of nitrogens with one attached hydrogen (secondary N) is 2. The first kappa shape index (κ1) is 16.3. The maximum Gasteiger partial charge on any atom is 0.453 e. The van der Waals surface area contributed by atoms with Crippen molar-refractivity contribution in [2.75, 3.05) is 6.26 Å². The molecule has 10 heteroatoms. The summed E-state index contributed by atoms with van der Waals surface area (Å²) in [7, 11) is 0. The summed E-state index contributed by atoms with van der Waals surface area (Å²) in [4.78, 5) is 15.6. The Morgan fingerprint density at radius 1 is 1.41 bits per heavy atom. The van der Waals surface area contributed by atoms with E-state index in [1.807, 2.05) is 0 Å². The molecule has 0 saturated carbocycles. The van der Waals surface area contributed by atoms with E-state index in [-0.39, 0.29) is 17.9 Å². The van der Waals surface area contributed by atoms with E-state index in [4.69, 9.17) is 0 Å². The van der Waals surface area contributed by atoms with Gasteiger partial charge in [-0.15, -0.1) is 16.9 Å². The van der Waals surface area contributed by atoms with Crippen LogP contribution in [-0.4, -0.2) is 27.3 Å². The van der Waals surface area contributed by atoms with Crippen LogP contribution in [0.3, 0.4) is 0 Å². The minimum Gasteiger partial charge on any atom is -0.345 e. The van der Waals surface area contributed by atoms with Crippen LogP contribution in [0.25, 0.3) is 0 Å². The Balaban J connectivity index is 2.09. The van der Waals surface area contributed by atoms with Gasteiger partial charge in [0.25, 0.3) is 11.7 Å². The molecule has 0 atom stereocenters. The second kappa shape index (κ2) is 6.34. The highest BCUT2D eigenvalue weighted by Crippen LogP contribution is 2.25. The summed E-state index contributed by atoms with van der Waals surface area (Å²) < 4.78 is 50.7. The van der Waals surface area contributed by atoms with Gasteiger partial charge in [0.1, 0.15) is 11.6 Å². The van der Waals surface area contributed by atoms with Gasteiger partial charge in [0.15, 0.2) is 0 Å². The van der Waals surface area contributed by atoms with E-state index in [9.17, 15) is 22.4 Å². The number of thioether (sulfide) groups is 1. The molecular weight excluding hydrogens is 324 g/mol. The lowest BCUT2D eigenvalue weighted by atomic mass is 10.2. The average molecular weight is 334 g/mol. The van der Waals surface area contributed by atoms with Crippen molar-refractivity contribution in [1.82, 2.24) is 20.5 Å². The normalized spacial score (nSPS) is 11.5. The minimum absolute atomic E-state index is 0.162. The first-order valence-electron chi connectivity index (χ1n) is 5.92. The van der Waals surface area contributed by atoms with Crippen LogP contribution < -0.4 is 5.32 Å². The molecule has 22 heavy (non-hydrogen) atoms. The van der Waals surface area contributed by atoms with Crippen LogP contribution in [-0.2, 0) is 12.7 Å². The molecule has 0 bridgehead atoms. The fraction of sp³-hybridized carbons (Fsp3) is 0.250. The number of aromatic nitrogens is 3. The number of carbonyl (C=O) groups excluding carboxylic acids is 1. The van der Waals surface area contributed by atoms with Gasteiger partial charge in [-0.2, -0.15) is 13.2 Å². The molecule has 2 N–H and O–H groups in total. The van der Waals surface area contributed by atoms with E-state index in [2.05, 4.69) is 20.5 Å². The lowest BCUT2D eigenvalue weighted by molar-refractivity contribution is -0.144. The molecule has 118 valence electrons. The van der Waals surface area contributed by atoms with Crippen LogP contribution in [0.4, 0.5) is 17.6 Å². The van der Waals surface area contributed by atoms with Gasteiger partial charge in [0, 0.05) is 4.90 Å². The summed E-state index contributed by atoms with van der Waals surface area (Å²) in [5, 5.41) is 7.37. The monoisotopic (exact) mass is 334 g/mol. The van der Waals surface area contributed by atoms with E-state index in [1.165, 1.54) is 17.8 Å². The third-order valence-corrected chi connectivity index (χ3v) is 3.40. The first-order valence-corrected chi connectivity index (χ1v) is 7.14. The number of hydrogen-bond donors (Lipinski definition) is 2. The molecule has 1 amide bonds. The molecule has 0 aliphatic rings. The summed E-state index contributed by atoms with van der Waals surface area (Å²) in [6.07, 6.45) is -2.99. The zero-order valence-electron chi connectivity index (χ0n) is 11.2. The van der Waals surface area contributed by atoms with Gasteiger partial charge in [-0.3, -0.25) is 9.89 Å². The quantitative estimate of drug-likeness (QED) is 0.666. The molecular formula is C12H10F4N4OS. The highest BCUT2D eigenvalue weighted by molar-refractivity contribution is 7.98. The Morgan fingerprint density at radius 2 is 2.14 bits per heavy atom. The van der Waals surface area contributed by atoms with Gasteiger partial charge < -0.3 is 5.32 Å². The topological polar surface area (TPSA) is 70.7 Å². The summed E-state index contributed by atoms with van der Waals surface area (Å²) >= 11 is 1.18. The molecule has 0 aliphatic carbocycles. The van der Waals surface area contributed by atoms with Crippen molar-refractivity contribution in [2.45, 2.75) is 17.6 Å². The Kier molecular flexibility index (Phi) is 4.69. The van der Waals surface area contributed by atoms with Gasteiger partial charge in [-0.1, -0.05) is 6.07 Å². The van der Waals surface area contributed by atoms with Crippen LogP contribution in [0.15, 0.2) is 23.1 Å². The van der Waals surface area contributed by atoms with Gasteiger partial charge in [0.05, 0.1) is 12.1 Å². The number of rotatable bonds is 4. The smallest absolute Gasteiger partial charge is 0.345 e. The molecule has 0 aliphatic heterocycles. The van der Waals surface area contributed by atoms with Crippen molar-refractivity contribution in [3.8, 4) is 0 Å². The molecule has 1 aromatic heterocycles. The third kappa shape index (κ3) is 3.56. The van der Waals surface area contributed by atoms with Crippen LogP contribution >= 0.6 is 11.8 Å². The van der Waals surface area contributed by atoms with Crippen molar-refractivity contribution in [3.63, 3.8) is 0 Å². The number of H-pyrrole nitrogens is 1. The molecule has 2 aromatic rings. The van der Waals surface area contributed by atoms with Crippen LogP contribution in [0.1, 0.15) is 22.0 Å². The van der Waals surface area contributed by atoms with Crippen LogP contribution in [0.5, 0.6) is 0 Å². The predicted octanol–water partition coefficient (Wildman–Crippen LogP) is 2.61. The van der Waals surface area contributed by atoms with E-state index in [1.54, 1.807) is 12.3 Å². The van der Waals surface area contributed by atoms with Crippen molar-refractivity contribution in [3.05, 3.63) is 41.2 Å². The number of amides is 1. The number of nitrogens with zero attached hydrogens (tertiary/aromatic N) is 2. The van der Waals surface area contributed by atoms with Gasteiger partial charge in [0.2, 0.25) is 0 Å². The van der Waals surface area contributed by atoms with E-state index in [0.29, 0.717) is 4.90 Å². The summed E-state index contributed by atoms with van der Waals surface area (Å²) in [6, 6.07) is 4.16. The Morgan fingerprint density at radius 3 is 2.73 bits per heavy atom. The fourth-order valence-electron chi connectivity index (χ4n) is 1.65. The Bertz CT molecular complexity index is 686. The molecule has 0 fully saturated rings. The zero-order valence-corrected chi connectivity index (χ0v) is 12.0. The molecule has 1 heterocycles. The van der Waals surface area contributed by atoms with E-state index >= 15 is 0 Å². The number of halogens is 4. The molecule has 0 spiro atoms. The molecule has 0 saturated heterocycles. The number of benzene rings is 1. The second-order valence-electron chi connectivity index (χ2n) is 4.10. The summed E-state index contributed by atoms with van der Waals surface area (Å²) in [5.74, 6) is -2.96. The Hall–Kier alpha value is -2.10. The maximum absolute atomic E-state index is 13.7. The number of carbonyl (C=O) groups is 1. The van der Waals surface area contributed by atoms with E-state index in [0.717, 1.165) is 6.07 Å². The van der Waals surface area contributed by atoms with Crippen molar-refractivity contribution >= 4 is 17.7 Å². The lowest BCUT2D eigenvalue weighted by Crippen LogP contribution is -2.25. The molecule has 5 nitrogen and oxygen atoms in total. The van der Waals surface area contributed by atoms with E-state index < -0.39 is 23.7 Å². The fourth-order valence-corrected chi connectivity index (χ4v) is 2.26. The van der Waals surface area contributed by atoms with Gasteiger partial charge >= 0.3 is 6.18 Å². The highest BCUT2D eigenvalue weighted by atomic mass is 32.2. The van der Waals surface area contributed by atoms with Gasteiger partial charge in [-0.25, -0.2) is 9.37 Å². The second-order valence-corrected chi connectivity index (χ2v) is 4.95.